The van der Waals surface area contributed by atoms with Gasteiger partial charge in [0, 0.05) is 10.9 Å². The average Bonchev–Trinajstić information content (AvgIpc) is 3.16. The second-order valence-electron chi connectivity index (χ2n) is 5.16. The Morgan fingerprint density at radius 1 is 1.00 bits per heavy atom. The molecule has 2 aromatic heterocycles. The molecule has 0 aliphatic rings. The SMILES string of the molecule is NC(=O)c1cc2c(-c3ccccc3)nn(-c3ccccc3)c2s1. The van der Waals surface area contributed by atoms with Crippen LogP contribution < -0.4 is 5.73 Å². The summed E-state index contributed by atoms with van der Waals surface area (Å²) in [6, 6.07) is 21.7. The Kier molecular flexibility index (Phi) is 3.20. The van der Waals surface area contributed by atoms with E-state index < -0.39 is 5.91 Å². The van der Waals surface area contributed by atoms with Gasteiger partial charge in [-0.05, 0) is 18.2 Å². The van der Waals surface area contributed by atoms with Gasteiger partial charge in [0.15, 0.2) is 0 Å². The van der Waals surface area contributed by atoms with Crippen LogP contribution in [-0.2, 0) is 0 Å². The summed E-state index contributed by atoms with van der Waals surface area (Å²) in [5.41, 5.74) is 8.28. The number of para-hydroxylation sites is 1. The monoisotopic (exact) mass is 319 g/mol. The molecular formula is C18H13N3OS. The van der Waals surface area contributed by atoms with Crippen molar-refractivity contribution < 1.29 is 4.79 Å². The molecule has 0 aliphatic carbocycles. The molecule has 5 heteroatoms. The molecule has 2 heterocycles. The Bertz CT molecular complexity index is 915. The third kappa shape index (κ3) is 2.31. The molecule has 0 atom stereocenters. The average molecular weight is 319 g/mol. The first-order chi connectivity index (χ1) is 11.2. The van der Waals surface area contributed by atoms with Crippen molar-refractivity contribution in [2.45, 2.75) is 0 Å². The molecule has 4 rings (SSSR count). The summed E-state index contributed by atoms with van der Waals surface area (Å²) in [5.74, 6) is -0.412. The van der Waals surface area contributed by atoms with E-state index in [1.54, 1.807) is 0 Å². The minimum Gasteiger partial charge on any atom is -0.365 e. The van der Waals surface area contributed by atoms with Crippen molar-refractivity contribution >= 4 is 27.5 Å². The first kappa shape index (κ1) is 13.7. The summed E-state index contributed by atoms with van der Waals surface area (Å²) in [6.45, 7) is 0. The predicted molar refractivity (Wildman–Crippen MR) is 92.9 cm³/mol. The Balaban J connectivity index is 2.02. The van der Waals surface area contributed by atoms with Gasteiger partial charge in [-0.3, -0.25) is 4.79 Å². The number of fused-ring (bicyclic) bond motifs is 1. The largest absolute Gasteiger partial charge is 0.365 e. The van der Waals surface area contributed by atoms with Crippen LogP contribution in [0.3, 0.4) is 0 Å². The molecule has 4 nitrogen and oxygen atoms in total. The number of carbonyl (C=O) groups excluding carboxylic acids is 1. The van der Waals surface area contributed by atoms with Crippen LogP contribution in [0.25, 0.3) is 27.2 Å². The highest BCUT2D eigenvalue weighted by Gasteiger charge is 2.18. The smallest absolute Gasteiger partial charge is 0.258 e. The third-order valence-corrected chi connectivity index (χ3v) is 4.78. The maximum Gasteiger partial charge on any atom is 0.258 e. The quantitative estimate of drug-likeness (QED) is 0.623. The Morgan fingerprint density at radius 3 is 2.30 bits per heavy atom. The van der Waals surface area contributed by atoms with Crippen molar-refractivity contribution in [3.63, 3.8) is 0 Å². The second kappa shape index (κ2) is 5.37. The summed E-state index contributed by atoms with van der Waals surface area (Å²) >= 11 is 1.37. The van der Waals surface area contributed by atoms with E-state index in [9.17, 15) is 4.79 Å². The zero-order chi connectivity index (χ0) is 15.8. The van der Waals surface area contributed by atoms with Crippen LogP contribution in [0.15, 0.2) is 66.7 Å². The lowest BCUT2D eigenvalue weighted by Crippen LogP contribution is -2.08. The van der Waals surface area contributed by atoms with Gasteiger partial charge in [0.1, 0.15) is 10.5 Å². The molecule has 2 N–H and O–H groups in total. The van der Waals surface area contributed by atoms with Gasteiger partial charge in [-0.25, -0.2) is 4.68 Å². The number of carbonyl (C=O) groups is 1. The van der Waals surface area contributed by atoms with E-state index in [0.717, 1.165) is 27.2 Å². The van der Waals surface area contributed by atoms with Gasteiger partial charge in [0.25, 0.3) is 5.91 Å². The van der Waals surface area contributed by atoms with Crippen LogP contribution in [-0.4, -0.2) is 15.7 Å². The number of hydrogen-bond acceptors (Lipinski definition) is 3. The van der Waals surface area contributed by atoms with E-state index in [2.05, 4.69) is 0 Å². The van der Waals surface area contributed by atoms with Gasteiger partial charge in [-0.2, -0.15) is 5.10 Å². The number of nitrogens with zero attached hydrogens (tertiary/aromatic N) is 2. The van der Waals surface area contributed by atoms with Crippen LogP contribution in [0, 0.1) is 0 Å². The lowest BCUT2D eigenvalue weighted by Gasteiger charge is -2.01. The fourth-order valence-electron chi connectivity index (χ4n) is 2.58. The Hall–Kier alpha value is -2.92. The lowest BCUT2D eigenvalue weighted by atomic mass is 10.1. The van der Waals surface area contributed by atoms with Crippen molar-refractivity contribution in [3.05, 3.63) is 71.6 Å². The van der Waals surface area contributed by atoms with E-state index >= 15 is 0 Å². The molecule has 0 unspecified atom stereocenters. The molecule has 1 amide bonds. The molecule has 2 aromatic carbocycles. The molecule has 0 saturated carbocycles. The zero-order valence-corrected chi connectivity index (χ0v) is 13.0. The molecule has 0 spiro atoms. The van der Waals surface area contributed by atoms with Gasteiger partial charge in [0.2, 0.25) is 0 Å². The first-order valence-electron chi connectivity index (χ1n) is 7.17. The van der Waals surface area contributed by atoms with E-state index in [1.807, 2.05) is 71.4 Å². The number of aromatic nitrogens is 2. The Morgan fingerprint density at radius 2 is 1.65 bits per heavy atom. The predicted octanol–water partition coefficient (Wildman–Crippen LogP) is 3.85. The zero-order valence-electron chi connectivity index (χ0n) is 12.1. The van der Waals surface area contributed by atoms with Crippen molar-refractivity contribution in [1.29, 1.82) is 0 Å². The second-order valence-corrected chi connectivity index (χ2v) is 6.19. The molecule has 0 fully saturated rings. The van der Waals surface area contributed by atoms with E-state index in [-0.39, 0.29) is 0 Å². The van der Waals surface area contributed by atoms with Gasteiger partial charge < -0.3 is 5.73 Å². The highest BCUT2D eigenvalue weighted by Crippen LogP contribution is 2.35. The molecular weight excluding hydrogens is 306 g/mol. The molecule has 0 saturated heterocycles. The molecule has 4 aromatic rings. The highest BCUT2D eigenvalue weighted by atomic mass is 32.1. The summed E-state index contributed by atoms with van der Waals surface area (Å²) in [7, 11) is 0. The minimum absolute atomic E-state index is 0.412. The van der Waals surface area contributed by atoms with Gasteiger partial charge in [-0.1, -0.05) is 48.5 Å². The molecule has 0 aliphatic heterocycles. The summed E-state index contributed by atoms with van der Waals surface area (Å²) in [4.78, 5) is 13.0. The number of amides is 1. The molecule has 112 valence electrons. The number of rotatable bonds is 3. The maximum absolute atomic E-state index is 11.6. The third-order valence-electron chi connectivity index (χ3n) is 3.65. The number of benzene rings is 2. The van der Waals surface area contributed by atoms with Gasteiger partial charge >= 0.3 is 0 Å². The Labute approximate surface area is 136 Å². The molecule has 0 bridgehead atoms. The van der Waals surface area contributed by atoms with Crippen LogP contribution >= 0.6 is 11.3 Å². The van der Waals surface area contributed by atoms with E-state index in [1.165, 1.54) is 11.3 Å². The number of hydrogen-bond donors (Lipinski definition) is 1. The molecule has 0 radical (unpaired) electrons. The van der Waals surface area contributed by atoms with Crippen LogP contribution in [0.4, 0.5) is 0 Å². The maximum atomic E-state index is 11.6. The summed E-state index contributed by atoms with van der Waals surface area (Å²) in [5, 5.41) is 5.71. The van der Waals surface area contributed by atoms with Gasteiger partial charge in [0.05, 0.1) is 10.6 Å². The van der Waals surface area contributed by atoms with E-state index in [0.29, 0.717) is 4.88 Å². The topological polar surface area (TPSA) is 60.9 Å². The fourth-order valence-corrected chi connectivity index (χ4v) is 3.57. The van der Waals surface area contributed by atoms with Crippen molar-refractivity contribution in [2.24, 2.45) is 5.73 Å². The summed E-state index contributed by atoms with van der Waals surface area (Å²) in [6.07, 6.45) is 0. The number of nitrogens with two attached hydrogens (primary N) is 1. The van der Waals surface area contributed by atoms with Gasteiger partial charge in [-0.15, -0.1) is 11.3 Å². The summed E-state index contributed by atoms with van der Waals surface area (Å²) < 4.78 is 1.87. The molecule has 23 heavy (non-hydrogen) atoms. The standard InChI is InChI=1S/C18H13N3OS/c19-17(22)15-11-14-16(12-7-3-1-4-8-12)20-21(18(14)23-15)13-9-5-2-6-10-13/h1-11H,(H2,19,22). The van der Waals surface area contributed by atoms with Crippen LogP contribution in [0.1, 0.15) is 9.67 Å². The lowest BCUT2D eigenvalue weighted by molar-refractivity contribution is 0.100. The fraction of sp³-hybridized carbons (Fsp3) is 0. The van der Waals surface area contributed by atoms with E-state index in [4.69, 9.17) is 10.8 Å². The van der Waals surface area contributed by atoms with Crippen LogP contribution in [0.5, 0.6) is 0 Å². The van der Waals surface area contributed by atoms with Crippen molar-refractivity contribution in [1.82, 2.24) is 9.78 Å². The first-order valence-corrected chi connectivity index (χ1v) is 7.99. The van der Waals surface area contributed by atoms with Crippen molar-refractivity contribution in [2.75, 3.05) is 0 Å². The van der Waals surface area contributed by atoms with Crippen molar-refractivity contribution in [3.8, 4) is 16.9 Å². The van der Waals surface area contributed by atoms with Crippen LogP contribution in [0.2, 0.25) is 0 Å². The number of thiophene rings is 1. The minimum atomic E-state index is -0.412. The normalized spacial score (nSPS) is 11.0. The highest BCUT2D eigenvalue weighted by molar-refractivity contribution is 7.20. The number of primary amides is 1.